The fourth-order valence-electron chi connectivity index (χ4n) is 8.44. The van der Waals surface area contributed by atoms with Crippen LogP contribution < -0.4 is 26.4 Å². The number of carbonyl (C=O) groups is 1. The molecule has 1 aromatic heterocycles. The van der Waals surface area contributed by atoms with Crippen molar-refractivity contribution in [3.8, 4) is 0 Å². The van der Waals surface area contributed by atoms with Crippen LogP contribution in [-0.2, 0) is 56.0 Å². The number of hydrogen-bond donors (Lipinski definition) is 0. The van der Waals surface area contributed by atoms with Crippen LogP contribution >= 0.6 is 0 Å². The largest absolute Gasteiger partial charge is 0.416 e. The van der Waals surface area contributed by atoms with Crippen LogP contribution in [0.2, 0.25) is 0 Å². The second-order valence-electron chi connectivity index (χ2n) is 17.3. The van der Waals surface area contributed by atoms with Crippen molar-refractivity contribution in [3.63, 3.8) is 0 Å². The van der Waals surface area contributed by atoms with Gasteiger partial charge in [-0.15, -0.1) is 0 Å². The Hall–Kier alpha value is -7.57. The number of ketones is 1. The average Bonchev–Trinajstić information content (AvgIpc) is 3.12. The molecule has 0 saturated heterocycles. The molecule has 0 aliphatic carbocycles. The van der Waals surface area contributed by atoms with Gasteiger partial charge in [0.2, 0.25) is 18.1 Å². The standard InChI is InChI=1S/C32H12BF24.C17H9F5NO/c34-25(35,36)13-1-14(26(37,38)39)6-21(5-13)33(22-7-15(27(40,41)42)2-16(8-22)28(43,44)45,23-9-17(29(46,47)48)3-18(10-23)30(49,50)51)24-11-19(31(52,53)54)4-20(12-24)32(55,56)57;18-13-12(14(19)16(21)17(22)15(13)20)11(24)8-23-6-5-9-3-1-2-4-10(9)7-23/h1-12H;1-7H,8H2/q-1;+1. The van der Waals surface area contributed by atoms with Crippen LogP contribution in [0.3, 0.4) is 0 Å². The highest BCUT2D eigenvalue weighted by molar-refractivity contribution is 7.20. The lowest BCUT2D eigenvalue weighted by atomic mass is 9.12. The highest BCUT2D eigenvalue weighted by Gasteiger charge is 2.47. The molecule has 0 unspecified atom stereocenters. The summed E-state index contributed by atoms with van der Waals surface area (Å²) in [5.41, 5.74) is -31.6. The number of pyridine rings is 1. The fraction of sp³-hybridized carbons (Fsp3) is 0.184. The van der Waals surface area contributed by atoms with Crippen molar-refractivity contribution < 1.29 is 137 Å². The van der Waals surface area contributed by atoms with Gasteiger partial charge in [0.15, 0.2) is 35.7 Å². The number of Topliss-reactive ketones (excluding diaryl/α,β-unsaturated/α-hetero) is 1. The summed E-state index contributed by atoms with van der Waals surface area (Å²) < 4.78 is 409. The number of halogens is 29. The SMILES string of the molecule is FC(F)(F)c1cc([B-](c2cc(C(F)(F)F)cc(C(F)(F)F)c2)(c2cc(C(F)(F)F)cc(C(F)(F)F)c2)c2cc(C(F)(F)F)cc(C(F)(F)F)c2)cc(C(F)(F)F)c1.O=C(C[n+]1ccc2ccccc2c1)c1c(F)c(F)c(F)c(F)c1F. The van der Waals surface area contributed by atoms with E-state index in [-0.39, 0.29) is 0 Å². The number of benzene rings is 6. The lowest BCUT2D eigenvalue weighted by Crippen LogP contribution is -2.75. The maximum absolute atomic E-state index is 14.2. The Morgan fingerprint density at radius 2 is 0.568 bits per heavy atom. The molecule has 7 rings (SSSR count). The lowest BCUT2D eigenvalue weighted by molar-refractivity contribution is -0.681. The molecule has 6 aromatic carbocycles. The second kappa shape index (κ2) is 21.1. The summed E-state index contributed by atoms with van der Waals surface area (Å²) in [5, 5.41) is 1.63. The minimum absolute atomic E-state index is 0.566. The molecular formula is C49H21BF29NO. The Morgan fingerprint density at radius 3 is 0.815 bits per heavy atom. The molecule has 7 aromatic rings. The Morgan fingerprint density at radius 1 is 0.333 bits per heavy atom. The van der Waals surface area contributed by atoms with Crippen LogP contribution in [0.5, 0.6) is 0 Å². The van der Waals surface area contributed by atoms with Crippen LogP contribution in [0, 0.1) is 29.1 Å². The molecule has 0 saturated carbocycles. The summed E-state index contributed by atoms with van der Waals surface area (Å²) in [4.78, 5) is 12.1. The Labute approximate surface area is 431 Å². The van der Waals surface area contributed by atoms with Crippen LogP contribution in [0.15, 0.2) is 116 Å². The summed E-state index contributed by atoms with van der Waals surface area (Å²) in [6.45, 7) is -0.566. The van der Waals surface area contributed by atoms with Gasteiger partial charge in [-0.05, 0) is 35.7 Å². The summed E-state index contributed by atoms with van der Waals surface area (Å²) >= 11 is 0. The number of aromatic nitrogens is 1. The van der Waals surface area contributed by atoms with Gasteiger partial charge in [0, 0.05) is 11.5 Å². The molecule has 434 valence electrons. The number of hydrogen-bond acceptors (Lipinski definition) is 1. The van der Waals surface area contributed by atoms with Gasteiger partial charge in [0.25, 0.3) is 0 Å². The van der Waals surface area contributed by atoms with E-state index in [0.717, 1.165) is 10.8 Å². The van der Waals surface area contributed by atoms with Crippen molar-refractivity contribution in [2.75, 3.05) is 0 Å². The van der Waals surface area contributed by atoms with E-state index in [1.165, 1.54) is 10.8 Å². The smallest absolute Gasteiger partial charge is 0.287 e. The van der Waals surface area contributed by atoms with Crippen molar-refractivity contribution >= 4 is 44.6 Å². The van der Waals surface area contributed by atoms with Crippen LogP contribution in [0.1, 0.15) is 54.9 Å². The zero-order chi connectivity index (χ0) is 61.3. The van der Waals surface area contributed by atoms with Crippen LogP contribution in [0.25, 0.3) is 10.8 Å². The normalized spacial score (nSPS) is 13.3. The van der Waals surface area contributed by atoms with Crippen molar-refractivity contribution in [2.45, 2.75) is 56.0 Å². The predicted octanol–water partition coefficient (Wildman–Crippen LogP) is 14.9. The Bertz CT molecular complexity index is 3080. The summed E-state index contributed by atoms with van der Waals surface area (Å²) in [7, 11) is 0. The van der Waals surface area contributed by atoms with E-state index in [2.05, 4.69) is 0 Å². The van der Waals surface area contributed by atoms with E-state index < -0.39 is 242 Å². The quantitative estimate of drug-likeness (QED) is 0.0389. The van der Waals surface area contributed by atoms with E-state index in [4.69, 9.17) is 0 Å². The van der Waals surface area contributed by atoms with E-state index in [0.29, 0.717) is 0 Å². The average molecular weight is 1200 g/mol. The topological polar surface area (TPSA) is 20.9 Å². The van der Waals surface area contributed by atoms with Gasteiger partial charge in [0.1, 0.15) is 11.7 Å². The molecular weight excluding hydrogens is 1180 g/mol. The van der Waals surface area contributed by atoms with Gasteiger partial charge < -0.3 is 0 Å². The van der Waals surface area contributed by atoms with Gasteiger partial charge in [0.05, 0.1) is 44.5 Å². The van der Waals surface area contributed by atoms with E-state index in [9.17, 15) is 132 Å². The third kappa shape index (κ3) is 13.3. The molecule has 0 spiro atoms. The first kappa shape index (κ1) is 62.6. The first-order chi connectivity index (χ1) is 36.7. The number of carbonyl (C=O) groups excluding carboxylic acids is 1. The third-order valence-corrected chi connectivity index (χ3v) is 12.0. The molecule has 0 N–H and O–H groups in total. The van der Waals surface area contributed by atoms with E-state index in [1.807, 2.05) is 12.1 Å². The van der Waals surface area contributed by atoms with Crippen molar-refractivity contribution in [1.82, 2.24) is 0 Å². The lowest BCUT2D eigenvalue weighted by Gasteiger charge is -2.46. The highest BCUT2D eigenvalue weighted by atomic mass is 19.4. The molecule has 0 bridgehead atoms. The molecule has 0 aliphatic rings. The van der Waals surface area contributed by atoms with Gasteiger partial charge in [-0.25, -0.2) is 22.0 Å². The van der Waals surface area contributed by atoms with Crippen molar-refractivity contribution in [2.24, 2.45) is 0 Å². The zero-order valence-electron chi connectivity index (χ0n) is 38.6. The summed E-state index contributed by atoms with van der Waals surface area (Å²) in [6.07, 6.45) is -51.8. The van der Waals surface area contributed by atoms with Gasteiger partial charge >= 0.3 is 49.4 Å². The fourth-order valence-corrected chi connectivity index (χ4v) is 8.44. The first-order valence-electron chi connectivity index (χ1n) is 21.4. The molecule has 32 heteroatoms. The summed E-state index contributed by atoms with van der Waals surface area (Å²) in [6, 6.07) is 0.0157. The van der Waals surface area contributed by atoms with Crippen LogP contribution in [-0.4, -0.2) is 11.9 Å². The van der Waals surface area contributed by atoms with E-state index >= 15 is 0 Å². The number of fused-ring (bicyclic) bond motifs is 1. The van der Waals surface area contributed by atoms with Gasteiger partial charge in [-0.2, -0.15) is 132 Å². The molecule has 0 amide bonds. The minimum Gasteiger partial charge on any atom is -0.287 e. The maximum Gasteiger partial charge on any atom is 0.416 e. The van der Waals surface area contributed by atoms with E-state index in [1.54, 1.807) is 24.4 Å². The maximum atomic E-state index is 14.2. The third-order valence-electron chi connectivity index (χ3n) is 12.0. The number of alkyl halides is 24. The molecule has 1 heterocycles. The Balaban J connectivity index is 0.000000363. The second-order valence-corrected chi connectivity index (χ2v) is 17.3. The van der Waals surface area contributed by atoms with Crippen molar-refractivity contribution in [3.05, 3.63) is 195 Å². The van der Waals surface area contributed by atoms with Gasteiger partial charge in [-0.3, -0.25) is 4.79 Å². The predicted molar refractivity (Wildman–Crippen MR) is 225 cm³/mol. The molecule has 2 nitrogen and oxygen atoms in total. The highest BCUT2D eigenvalue weighted by Crippen LogP contribution is 2.42. The first-order valence-corrected chi connectivity index (χ1v) is 21.4. The summed E-state index contributed by atoms with van der Waals surface area (Å²) in [5.74, 6) is -12.0. The molecule has 0 radical (unpaired) electrons. The molecule has 81 heavy (non-hydrogen) atoms. The molecule has 0 fully saturated rings. The molecule has 0 aliphatic heterocycles. The van der Waals surface area contributed by atoms with Crippen LogP contribution in [0.4, 0.5) is 127 Å². The van der Waals surface area contributed by atoms with Crippen molar-refractivity contribution in [1.29, 1.82) is 0 Å². The zero-order valence-corrected chi connectivity index (χ0v) is 38.6. The monoisotopic (exact) mass is 1200 g/mol. The number of rotatable bonds is 7. The molecule has 0 atom stereocenters. The Kier molecular flexibility index (Phi) is 16.3. The van der Waals surface area contributed by atoms with Gasteiger partial charge in [-0.1, -0.05) is 66.7 Å². The number of nitrogens with zero attached hydrogens (tertiary/aromatic N) is 1. The minimum atomic E-state index is -6.13.